The summed E-state index contributed by atoms with van der Waals surface area (Å²) in [7, 11) is 0. The Kier molecular flexibility index (Phi) is 5.38. The summed E-state index contributed by atoms with van der Waals surface area (Å²) in [6.45, 7) is 5.68. The van der Waals surface area contributed by atoms with E-state index in [1.54, 1.807) is 17.0 Å². The molecule has 1 amide bonds. The normalized spacial score (nSPS) is 17.1. The molecule has 0 unspecified atom stereocenters. The number of nitrogens with zero attached hydrogens (tertiary/aromatic N) is 2. The van der Waals surface area contributed by atoms with Crippen molar-refractivity contribution in [3.8, 4) is 0 Å². The second-order valence-electron chi connectivity index (χ2n) is 5.16. The molecule has 0 bridgehead atoms. The zero-order valence-corrected chi connectivity index (χ0v) is 12.5. The number of halogens is 2. The van der Waals surface area contributed by atoms with Gasteiger partial charge in [0.25, 0.3) is 5.91 Å². The zero-order chi connectivity index (χ0) is 14.5. The molecule has 20 heavy (non-hydrogen) atoms. The first-order valence-electron chi connectivity index (χ1n) is 6.95. The maximum Gasteiger partial charge on any atom is 0.256 e. The van der Waals surface area contributed by atoms with Crippen molar-refractivity contribution in [1.29, 1.82) is 0 Å². The van der Waals surface area contributed by atoms with Crippen molar-refractivity contribution >= 4 is 17.5 Å². The van der Waals surface area contributed by atoms with Crippen LogP contribution in [0.15, 0.2) is 18.2 Å². The molecule has 1 aromatic carbocycles. The predicted octanol–water partition coefficient (Wildman–Crippen LogP) is 2.52. The van der Waals surface area contributed by atoms with E-state index in [2.05, 4.69) is 4.90 Å². The molecule has 110 valence electrons. The molecule has 0 saturated carbocycles. The molecule has 5 heteroatoms. The summed E-state index contributed by atoms with van der Waals surface area (Å²) >= 11 is 5.75. The fraction of sp³-hybridized carbons (Fsp3) is 0.533. The van der Waals surface area contributed by atoms with Crippen LogP contribution in [0.4, 0.5) is 4.39 Å². The van der Waals surface area contributed by atoms with Gasteiger partial charge in [0, 0.05) is 32.1 Å². The van der Waals surface area contributed by atoms with Gasteiger partial charge in [0.05, 0.1) is 5.56 Å². The van der Waals surface area contributed by atoms with Crippen LogP contribution in [0.1, 0.15) is 22.3 Å². The quantitative estimate of drug-likeness (QED) is 0.801. The third kappa shape index (κ3) is 3.70. The number of carbonyl (C=O) groups excluding carboxylic acids is 1. The number of benzene rings is 1. The van der Waals surface area contributed by atoms with Gasteiger partial charge in [-0.25, -0.2) is 4.39 Å². The lowest BCUT2D eigenvalue weighted by Gasteiger charge is -2.21. The lowest BCUT2D eigenvalue weighted by atomic mass is 10.1. The lowest BCUT2D eigenvalue weighted by Crippen LogP contribution is -2.36. The maximum atomic E-state index is 13.9. The first-order valence-corrected chi connectivity index (χ1v) is 7.49. The summed E-state index contributed by atoms with van der Waals surface area (Å²) in [4.78, 5) is 16.4. The van der Waals surface area contributed by atoms with Gasteiger partial charge in [-0.2, -0.15) is 0 Å². The predicted molar refractivity (Wildman–Crippen MR) is 78.8 cm³/mol. The Morgan fingerprint density at radius 3 is 2.80 bits per heavy atom. The Morgan fingerprint density at radius 2 is 2.10 bits per heavy atom. The van der Waals surface area contributed by atoms with Crippen LogP contribution in [0.5, 0.6) is 0 Å². The molecule has 1 aromatic rings. The second kappa shape index (κ2) is 7.04. The molecule has 1 heterocycles. The summed E-state index contributed by atoms with van der Waals surface area (Å²) in [5.74, 6) is -0.0485. The van der Waals surface area contributed by atoms with Gasteiger partial charge in [-0.1, -0.05) is 6.07 Å². The summed E-state index contributed by atoms with van der Waals surface area (Å²) in [5, 5.41) is 0. The van der Waals surface area contributed by atoms with E-state index >= 15 is 0 Å². The Bertz CT molecular complexity index is 481. The highest BCUT2D eigenvalue weighted by Crippen LogP contribution is 2.14. The van der Waals surface area contributed by atoms with Gasteiger partial charge < -0.3 is 9.80 Å². The highest BCUT2D eigenvalue weighted by Gasteiger charge is 2.22. The van der Waals surface area contributed by atoms with E-state index in [4.69, 9.17) is 11.6 Å². The number of hydrogen-bond donors (Lipinski definition) is 0. The standard InChI is InChI=1S/C15H20ClFN2O/c1-12-3-4-13(14(17)11-12)15(20)19-7-2-6-18(8-5-16)9-10-19/h3-4,11H,2,5-10H2,1H3. The molecule has 0 aliphatic carbocycles. The Morgan fingerprint density at radius 1 is 1.30 bits per heavy atom. The van der Waals surface area contributed by atoms with E-state index in [1.807, 2.05) is 6.92 Å². The van der Waals surface area contributed by atoms with Crippen LogP contribution >= 0.6 is 11.6 Å². The summed E-state index contributed by atoms with van der Waals surface area (Å²) < 4.78 is 13.9. The number of alkyl halides is 1. The van der Waals surface area contributed by atoms with Crippen molar-refractivity contribution < 1.29 is 9.18 Å². The van der Waals surface area contributed by atoms with Gasteiger partial charge in [0.15, 0.2) is 0 Å². The minimum absolute atomic E-state index is 0.168. The van der Waals surface area contributed by atoms with E-state index in [-0.39, 0.29) is 11.5 Å². The smallest absolute Gasteiger partial charge is 0.256 e. The molecule has 0 N–H and O–H groups in total. The average molecular weight is 299 g/mol. The van der Waals surface area contributed by atoms with Crippen molar-refractivity contribution in [1.82, 2.24) is 9.80 Å². The molecule has 1 aliphatic heterocycles. The number of hydrogen-bond acceptors (Lipinski definition) is 2. The molecule has 0 aromatic heterocycles. The largest absolute Gasteiger partial charge is 0.337 e. The summed E-state index contributed by atoms with van der Waals surface area (Å²) in [6.07, 6.45) is 0.899. The van der Waals surface area contributed by atoms with Gasteiger partial charge >= 0.3 is 0 Å². The highest BCUT2D eigenvalue weighted by atomic mass is 35.5. The SMILES string of the molecule is Cc1ccc(C(=O)N2CCCN(CCCl)CC2)c(F)c1. The fourth-order valence-corrected chi connectivity index (χ4v) is 2.72. The van der Waals surface area contributed by atoms with Crippen LogP contribution in [-0.2, 0) is 0 Å². The topological polar surface area (TPSA) is 23.6 Å². The van der Waals surface area contributed by atoms with E-state index in [0.717, 1.165) is 31.6 Å². The molecule has 0 radical (unpaired) electrons. The van der Waals surface area contributed by atoms with E-state index in [0.29, 0.717) is 19.0 Å². The number of aryl methyl sites for hydroxylation is 1. The van der Waals surface area contributed by atoms with Crippen molar-refractivity contribution in [3.63, 3.8) is 0 Å². The van der Waals surface area contributed by atoms with Crippen molar-refractivity contribution in [3.05, 3.63) is 35.1 Å². The minimum Gasteiger partial charge on any atom is -0.337 e. The van der Waals surface area contributed by atoms with E-state index < -0.39 is 5.82 Å². The van der Waals surface area contributed by atoms with Gasteiger partial charge in [-0.3, -0.25) is 4.79 Å². The minimum atomic E-state index is -0.433. The Labute approximate surface area is 124 Å². The van der Waals surface area contributed by atoms with Crippen LogP contribution in [0.25, 0.3) is 0 Å². The molecular weight excluding hydrogens is 279 g/mol. The van der Waals surface area contributed by atoms with Crippen LogP contribution in [0.2, 0.25) is 0 Å². The number of carbonyl (C=O) groups is 1. The molecule has 1 fully saturated rings. The Balaban J connectivity index is 2.05. The monoisotopic (exact) mass is 298 g/mol. The van der Waals surface area contributed by atoms with Crippen LogP contribution in [0, 0.1) is 12.7 Å². The first kappa shape index (κ1) is 15.3. The van der Waals surface area contributed by atoms with Crippen molar-refractivity contribution in [2.45, 2.75) is 13.3 Å². The molecule has 1 aliphatic rings. The van der Waals surface area contributed by atoms with Gasteiger partial charge in [-0.05, 0) is 37.6 Å². The number of rotatable bonds is 3. The Hall–Kier alpha value is -1.13. The van der Waals surface area contributed by atoms with Crippen LogP contribution < -0.4 is 0 Å². The van der Waals surface area contributed by atoms with Crippen LogP contribution in [-0.4, -0.2) is 54.3 Å². The van der Waals surface area contributed by atoms with Gasteiger partial charge in [-0.15, -0.1) is 11.6 Å². The van der Waals surface area contributed by atoms with Gasteiger partial charge in [0.2, 0.25) is 0 Å². The lowest BCUT2D eigenvalue weighted by molar-refractivity contribution is 0.0757. The molecule has 3 nitrogen and oxygen atoms in total. The second-order valence-corrected chi connectivity index (χ2v) is 5.54. The summed E-state index contributed by atoms with van der Waals surface area (Å²) in [5.41, 5.74) is 0.990. The highest BCUT2D eigenvalue weighted by molar-refractivity contribution is 6.18. The van der Waals surface area contributed by atoms with Crippen molar-refractivity contribution in [2.24, 2.45) is 0 Å². The maximum absolute atomic E-state index is 13.9. The summed E-state index contributed by atoms with van der Waals surface area (Å²) in [6, 6.07) is 4.76. The molecule has 1 saturated heterocycles. The molecule has 0 spiro atoms. The van der Waals surface area contributed by atoms with E-state index in [9.17, 15) is 9.18 Å². The third-order valence-electron chi connectivity index (χ3n) is 3.63. The fourth-order valence-electron chi connectivity index (χ4n) is 2.48. The van der Waals surface area contributed by atoms with E-state index in [1.165, 1.54) is 6.07 Å². The van der Waals surface area contributed by atoms with Crippen LogP contribution in [0.3, 0.4) is 0 Å². The third-order valence-corrected chi connectivity index (χ3v) is 3.80. The average Bonchev–Trinajstić information content (AvgIpc) is 2.64. The molecule has 2 rings (SSSR count). The van der Waals surface area contributed by atoms with Crippen molar-refractivity contribution in [2.75, 3.05) is 38.6 Å². The first-order chi connectivity index (χ1) is 9.61. The molecule has 0 atom stereocenters. The molecular formula is C15H20ClFN2O. The number of amides is 1. The van der Waals surface area contributed by atoms with Gasteiger partial charge in [0.1, 0.15) is 5.82 Å². The zero-order valence-electron chi connectivity index (χ0n) is 11.7.